The predicted octanol–water partition coefficient (Wildman–Crippen LogP) is 1.99. The van der Waals surface area contributed by atoms with Gasteiger partial charge >= 0.3 is 0 Å². The Balaban J connectivity index is 1.54. The number of aromatic nitrogens is 2. The molecule has 0 radical (unpaired) electrons. The fourth-order valence-corrected chi connectivity index (χ4v) is 2.69. The minimum absolute atomic E-state index is 0.549. The van der Waals surface area contributed by atoms with E-state index in [1.54, 1.807) is 6.33 Å². The molecule has 3 N–H and O–H groups in total. The largest absolute Gasteiger partial charge is 0.367 e. The molecule has 5 heteroatoms. The van der Waals surface area contributed by atoms with E-state index in [1.807, 2.05) is 6.07 Å². The average Bonchev–Trinajstić information content (AvgIpc) is 3.24. The lowest BCUT2D eigenvalue weighted by molar-refractivity contribution is 0.371. The Morgan fingerprint density at radius 2 is 1.32 bits per heavy atom. The first kappa shape index (κ1) is 12.7. The smallest absolute Gasteiger partial charge is 0.131 e. The van der Waals surface area contributed by atoms with Gasteiger partial charge in [0.2, 0.25) is 0 Å². The molecular weight excluding hydrogens is 238 g/mol. The lowest BCUT2D eigenvalue weighted by atomic mass is 9.91. The molecule has 0 atom stereocenters. The molecule has 1 heterocycles. The third-order valence-electron chi connectivity index (χ3n) is 4.08. The van der Waals surface area contributed by atoms with Gasteiger partial charge in [-0.2, -0.15) is 0 Å². The summed E-state index contributed by atoms with van der Waals surface area (Å²) in [5.74, 6) is 1.90. The van der Waals surface area contributed by atoms with Crippen molar-refractivity contribution >= 4 is 11.6 Å². The summed E-state index contributed by atoms with van der Waals surface area (Å²) in [5, 5.41) is 10.3. The van der Waals surface area contributed by atoms with E-state index in [4.69, 9.17) is 0 Å². The maximum Gasteiger partial charge on any atom is 0.131 e. The van der Waals surface area contributed by atoms with Crippen LogP contribution in [0.3, 0.4) is 0 Å². The maximum atomic E-state index is 4.32. The van der Waals surface area contributed by atoms with Gasteiger partial charge in [0.15, 0.2) is 0 Å². The minimum Gasteiger partial charge on any atom is -0.367 e. The van der Waals surface area contributed by atoms with Crippen LogP contribution in [-0.4, -0.2) is 35.1 Å². The number of hydrogen-bond acceptors (Lipinski definition) is 5. The monoisotopic (exact) mass is 261 g/mol. The van der Waals surface area contributed by atoms with Crippen LogP contribution in [0.1, 0.15) is 38.5 Å². The van der Waals surface area contributed by atoms with E-state index in [2.05, 4.69) is 33.0 Å². The zero-order valence-electron chi connectivity index (χ0n) is 11.5. The summed E-state index contributed by atoms with van der Waals surface area (Å²) in [5.41, 5.74) is 0. The van der Waals surface area contributed by atoms with E-state index in [-0.39, 0.29) is 0 Å². The molecule has 0 unspecified atom stereocenters. The molecule has 0 aromatic carbocycles. The number of nitrogens with zero attached hydrogens (tertiary/aromatic N) is 2. The fraction of sp³-hybridized carbons (Fsp3) is 0.714. The maximum absolute atomic E-state index is 4.32. The fourth-order valence-electron chi connectivity index (χ4n) is 2.69. The molecule has 0 saturated heterocycles. The summed E-state index contributed by atoms with van der Waals surface area (Å²) in [6.45, 7) is 0. The molecule has 0 bridgehead atoms. The summed E-state index contributed by atoms with van der Waals surface area (Å²) in [6, 6.07) is 3.90. The predicted molar refractivity (Wildman–Crippen MR) is 77.4 cm³/mol. The molecule has 19 heavy (non-hydrogen) atoms. The molecule has 104 valence electrons. The highest BCUT2D eigenvalue weighted by Crippen LogP contribution is 2.25. The summed E-state index contributed by atoms with van der Waals surface area (Å²) in [6.07, 6.45) is 9.08. The molecule has 2 saturated carbocycles. The zero-order valence-corrected chi connectivity index (χ0v) is 11.5. The Labute approximate surface area is 114 Å². The Morgan fingerprint density at radius 1 is 0.842 bits per heavy atom. The van der Waals surface area contributed by atoms with Gasteiger partial charge in [-0.25, -0.2) is 9.97 Å². The van der Waals surface area contributed by atoms with Gasteiger partial charge in [-0.1, -0.05) is 0 Å². The van der Waals surface area contributed by atoms with Crippen molar-refractivity contribution in [3.05, 3.63) is 12.4 Å². The van der Waals surface area contributed by atoms with Gasteiger partial charge in [0.25, 0.3) is 0 Å². The topological polar surface area (TPSA) is 61.9 Å². The third kappa shape index (κ3) is 3.56. The van der Waals surface area contributed by atoms with Crippen LogP contribution in [0, 0.1) is 0 Å². The van der Waals surface area contributed by atoms with E-state index in [0.29, 0.717) is 18.1 Å². The van der Waals surface area contributed by atoms with E-state index < -0.39 is 0 Å². The van der Waals surface area contributed by atoms with Crippen LogP contribution < -0.4 is 16.0 Å². The van der Waals surface area contributed by atoms with E-state index in [9.17, 15) is 0 Å². The molecule has 0 spiro atoms. The Morgan fingerprint density at radius 3 is 1.79 bits per heavy atom. The molecule has 2 aliphatic carbocycles. The van der Waals surface area contributed by atoms with Crippen LogP contribution >= 0.6 is 0 Å². The normalized spacial score (nSPS) is 27.0. The standard InChI is InChI=1S/C14H23N5/c1-15-10-2-4-11(5-3-10)18-13-8-14(17-9-16-13)19-12-6-7-12/h8-12,15H,2-7H2,1H3,(H2,16,17,18,19). The molecule has 5 nitrogen and oxygen atoms in total. The van der Waals surface area contributed by atoms with Crippen molar-refractivity contribution < 1.29 is 0 Å². The van der Waals surface area contributed by atoms with Gasteiger partial charge in [0.05, 0.1) is 0 Å². The SMILES string of the molecule is CNC1CCC(Nc2cc(NC3CC3)ncn2)CC1. The molecule has 3 rings (SSSR count). The summed E-state index contributed by atoms with van der Waals surface area (Å²) in [7, 11) is 2.05. The molecular formula is C14H23N5. The van der Waals surface area contributed by atoms with Crippen LogP contribution in [0.15, 0.2) is 12.4 Å². The first-order chi connectivity index (χ1) is 9.33. The van der Waals surface area contributed by atoms with Crippen molar-refractivity contribution in [2.24, 2.45) is 0 Å². The van der Waals surface area contributed by atoms with Gasteiger partial charge in [-0.05, 0) is 45.6 Å². The number of hydrogen-bond donors (Lipinski definition) is 3. The van der Waals surface area contributed by atoms with E-state index in [1.165, 1.54) is 38.5 Å². The average molecular weight is 261 g/mol. The summed E-state index contributed by atoms with van der Waals surface area (Å²) in [4.78, 5) is 8.59. The summed E-state index contributed by atoms with van der Waals surface area (Å²) < 4.78 is 0. The molecule has 0 aliphatic heterocycles. The highest BCUT2D eigenvalue weighted by Gasteiger charge is 2.22. The number of nitrogens with one attached hydrogen (secondary N) is 3. The van der Waals surface area contributed by atoms with Gasteiger partial charge in [0.1, 0.15) is 18.0 Å². The van der Waals surface area contributed by atoms with Crippen LogP contribution in [0.5, 0.6) is 0 Å². The summed E-state index contributed by atoms with van der Waals surface area (Å²) >= 11 is 0. The molecule has 0 amide bonds. The Hall–Kier alpha value is -1.36. The van der Waals surface area contributed by atoms with Crippen molar-refractivity contribution in [3.63, 3.8) is 0 Å². The second kappa shape index (κ2) is 5.74. The molecule has 2 fully saturated rings. The highest BCUT2D eigenvalue weighted by molar-refractivity contribution is 5.48. The lowest BCUT2D eigenvalue weighted by Gasteiger charge is -2.29. The van der Waals surface area contributed by atoms with E-state index in [0.717, 1.165) is 11.6 Å². The van der Waals surface area contributed by atoms with Crippen molar-refractivity contribution in [1.29, 1.82) is 0 Å². The number of anilines is 2. The minimum atomic E-state index is 0.549. The second-order valence-corrected chi connectivity index (χ2v) is 5.69. The zero-order chi connectivity index (χ0) is 13.1. The Bertz CT molecular complexity index is 410. The van der Waals surface area contributed by atoms with Crippen molar-refractivity contribution in [1.82, 2.24) is 15.3 Å². The van der Waals surface area contributed by atoms with Crippen LogP contribution in [0.4, 0.5) is 11.6 Å². The van der Waals surface area contributed by atoms with Gasteiger partial charge in [0, 0.05) is 24.2 Å². The first-order valence-electron chi connectivity index (χ1n) is 7.36. The van der Waals surface area contributed by atoms with Crippen LogP contribution in [0.2, 0.25) is 0 Å². The van der Waals surface area contributed by atoms with Gasteiger partial charge in [-0.3, -0.25) is 0 Å². The highest BCUT2D eigenvalue weighted by atomic mass is 15.1. The number of rotatable bonds is 5. The van der Waals surface area contributed by atoms with Crippen molar-refractivity contribution in [3.8, 4) is 0 Å². The lowest BCUT2D eigenvalue weighted by Crippen LogP contribution is -2.35. The van der Waals surface area contributed by atoms with Crippen molar-refractivity contribution in [2.45, 2.75) is 56.7 Å². The third-order valence-corrected chi connectivity index (χ3v) is 4.08. The molecule has 1 aromatic heterocycles. The van der Waals surface area contributed by atoms with Gasteiger partial charge < -0.3 is 16.0 Å². The van der Waals surface area contributed by atoms with Gasteiger partial charge in [-0.15, -0.1) is 0 Å². The first-order valence-corrected chi connectivity index (χ1v) is 7.36. The van der Waals surface area contributed by atoms with Crippen LogP contribution in [0.25, 0.3) is 0 Å². The molecule has 2 aliphatic rings. The Kier molecular flexibility index (Phi) is 3.82. The van der Waals surface area contributed by atoms with Crippen LogP contribution in [-0.2, 0) is 0 Å². The van der Waals surface area contributed by atoms with Crippen molar-refractivity contribution in [2.75, 3.05) is 17.7 Å². The second-order valence-electron chi connectivity index (χ2n) is 5.69. The van der Waals surface area contributed by atoms with E-state index >= 15 is 0 Å². The quantitative estimate of drug-likeness (QED) is 0.756. The molecule has 1 aromatic rings.